The van der Waals surface area contributed by atoms with E-state index in [-0.39, 0.29) is 23.8 Å². The minimum absolute atomic E-state index is 0.0690. The van der Waals surface area contributed by atoms with Gasteiger partial charge in [0.1, 0.15) is 0 Å². The summed E-state index contributed by atoms with van der Waals surface area (Å²) in [7, 11) is 0. The summed E-state index contributed by atoms with van der Waals surface area (Å²) in [4.78, 5) is 29.6. The average Bonchev–Trinajstić information content (AvgIpc) is 3.38. The Morgan fingerprint density at radius 3 is 2.08 bits per heavy atom. The molecule has 0 aromatic heterocycles. The predicted octanol–water partition coefficient (Wildman–Crippen LogP) is 2.16. The Hall–Kier alpha value is -1.10. The van der Waals surface area contributed by atoms with Gasteiger partial charge in [-0.15, -0.1) is 0 Å². The van der Waals surface area contributed by atoms with Crippen molar-refractivity contribution in [2.24, 2.45) is 5.92 Å². The van der Waals surface area contributed by atoms with Gasteiger partial charge < -0.3 is 10.2 Å². The van der Waals surface area contributed by atoms with Crippen molar-refractivity contribution in [1.82, 2.24) is 15.1 Å². The molecule has 2 aliphatic heterocycles. The molecule has 5 nitrogen and oxygen atoms in total. The predicted molar refractivity (Wildman–Crippen MR) is 94.5 cm³/mol. The lowest BCUT2D eigenvalue weighted by Crippen LogP contribution is -2.56. The largest absolute Gasteiger partial charge is 0.353 e. The summed E-state index contributed by atoms with van der Waals surface area (Å²) in [5, 5.41) is 3.12. The zero-order valence-electron chi connectivity index (χ0n) is 15.5. The molecule has 1 aliphatic carbocycles. The zero-order chi connectivity index (χ0) is 17.3. The molecule has 0 spiro atoms. The Morgan fingerprint density at radius 2 is 1.54 bits per heavy atom. The molecule has 1 N–H and O–H groups in total. The molecule has 2 heterocycles. The van der Waals surface area contributed by atoms with E-state index in [1.54, 1.807) is 0 Å². The first-order valence-electron chi connectivity index (χ1n) is 9.84. The third-order valence-corrected chi connectivity index (χ3v) is 6.18. The molecular formula is C19H33N3O2. The van der Waals surface area contributed by atoms with Crippen molar-refractivity contribution in [3.05, 3.63) is 0 Å². The highest BCUT2D eigenvalue weighted by molar-refractivity contribution is 5.82. The number of carbonyl (C=O) groups excluding carboxylic acids is 2. The van der Waals surface area contributed by atoms with Crippen LogP contribution in [0.5, 0.6) is 0 Å². The SMILES string of the molecule is C[C@H](C(=O)N1[C@H](C)CCC[C@H]1C)N1CCC(C(=O)NC2CC2)CC1. The van der Waals surface area contributed by atoms with Crippen LogP contribution in [0, 0.1) is 5.92 Å². The van der Waals surface area contributed by atoms with Gasteiger partial charge in [0.05, 0.1) is 6.04 Å². The van der Waals surface area contributed by atoms with Gasteiger partial charge in [0.25, 0.3) is 0 Å². The van der Waals surface area contributed by atoms with E-state index >= 15 is 0 Å². The van der Waals surface area contributed by atoms with Crippen LogP contribution in [-0.2, 0) is 9.59 Å². The van der Waals surface area contributed by atoms with Crippen LogP contribution < -0.4 is 5.32 Å². The number of hydrogen-bond donors (Lipinski definition) is 1. The van der Waals surface area contributed by atoms with Crippen molar-refractivity contribution < 1.29 is 9.59 Å². The molecule has 0 aromatic carbocycles. The smallest absolute Gasteiger partial charge is 0.240 e. The van der Waals surface area contributed by atoms with Crippen molar-refractivity contribution in [3.63, 3.8) is 0 Å². The van der Waals surface area contributed by atoms with Crippen molar-refractivity contribution >= 4 is 11.8 Å². The normalized spacial score (nSPS) is 30.9. The number of hydrogen-bond acceptors (Lipinski definition) is 3. The van der Waals surface area contributed by atoms with Crippen LogP contribution in [0.2, 0.25) is 0 Å². The van der Waals surface area contributed by atoms with Gasteiger partial charge in [0.15, 0.2) is 0 Å². The number of nitrogens with one attached hydrogen (secondary N) is 1. The van der Waals surface area contributed by atoms with Crippen LogP contribution in [-0.4, -0.2) is 58.9 Å². The summed E-state index contributed by atoms with van der Waals surface area (Å²) in [6.45, 7) is 8.10. The molecule has 3 atom stereocenters. The summed E-state index contributed by atoms with van der Waals surface area (Å²) < 4.78 is 0. The molecule has 0 aromatic rings. The van der Waals surface area contributed by atoms with Crippen LogP contribution in [0.25, 0.3) is 0 Å². The van der Waals surface area contributed by atoms with Gasteiger partial charge >= 0.3 is 0 Å². The fourth-order valence-corrected chi connectivity index (χ4v) is 4.32. The monoisotopic (exact) mass is 335 g/mol. The Morgan fingerprint density at radius 1 is 0.958 bits per heavy atom. The number of carbonyl (C=O) groups is 2. The van der Waals surface area contributed by atoms with E-state index < -0.39 is 0 Å². The fraction of sp³-hybridized carbons (Fsp3) is 0.895. The fourth-order valence-electron chi connectivity index (χ4n) is 4.32. The standard InChI is InChI=1S/C19H33N3O2/c1-13-5-4-6-14(2)22(13)19(24)15(3)21-11-9-16(10-12-21)18(23)20-17-7-8-17/h13-17H,4-12H2,1-3H3,(H,20,23)/t13-,14-,15-/m1/s1. The molecule has 3 rings (SSSR count). The summed E-state index contributed by atoms with van der Waals surface area (Å²) >= 11 is 0. The maximum absolute atomic E-state index is 13.0. The minimum Gasteiger partial charge on any atom is -0.353 e. The van der Waals surface area contributed by atoms with Crippen molar-refractivity contribution in [2.75, 3.05) is 13.1 Å². The Labute approximate surface area is 146 Å². The Bertz CT molecular complexity index is 459. The van der Waals surface area contributed by atoms with Crippen molar-refractivity contribution in [3.8, 4) is 0 Å². The second-order valence-electron chi connectivity index (χ2n) is 8.14. The van der Waals surface area contributed by atoms with Gasteiger partial charge in [-0.25, -0.2) is 0 Å². The maximum atomic E-state index is 13.0. The topological polar surface area (TPSA) is 52.7 Å². The molecule has 24 heavy (non-hydrogen) atoms. The molecular weight excluding hydrogens is 302 g/mol. The number of nitrogens with zero attached hydrogens (tertiary/aromatic N) is 2. The first kappa shape index (κ1) is 17.7. The van der Waals surface area contributed by atoms with E-state index in [2.05, 4.69) is 29.0 Å². The molecule has 3 aliphatic rings. The number of amides is 2. The highest BCUT2D eigenvalue weighted by Crippen LogP contribution is 2.26. The van der Waals surface area contributed by atoms with E-state index in [0.29, 0.717) is 18.1 Å². The minimum atomic E-state index is -0.0690. The number of rotatable bonds is 4. The Kier molecular flexibility index (Phi) is 5.48. The highest BCUT2D eigenvalue weighted by Gasteiger charge is 2.36. The summed E-state index contributed by atoms with van der Waals surface area (Å²) in [6.07, 6.45) is 7.49. The van der Waals surface area contributed by atoms with Gasteiger partial charge in [-0.1, -0.05) is 0 Å². The van der Waals surface area contributed by atoms with E-state index in [9.17, 15) is 9.59 Å². The maximum Gasteiger partial charge on any atom is 0.240 e. The van der Waals surface area contributed by atoms with E-state index in [1.807, 2.05) is 6.92 Å². The van der Waals surface area contributed by atoms with Crippen LogP contribution in [0.3, 0.4) is 0 Å². The van der Waals surface area contributed by atoms with Crippen LogP contribution >= 0.6 is 0 Å². The number of piperidine rings is 2. The third kappa shape index (κ3) is 3.93. The van der Waals surface area contributed by atoms with Gasteiger partial charge in [-0.3, -0.25) is 14.5 Å². The molecule has 0 unspecified atom stereocenters. The first-order valence-corrected chi connectivity index (χ1v) is 9.84. The second kappa shape index (κ2) is 7.42. The molecule has 0 bridgehead atoms. The van der Waals surface area contributed by atoms with Crippen LogP contribution in [0.4, 0.5) is 0 Å². The molecule has 5 heteroatoms. The zero-order valence-corrected chi connectivity index (χ0v) is 15.5. The summed E-state index contributed by atoms with van der Waals surface area (Å²) in [5.41, 5.74) is 0. The molecule has 3 fully saturated rings. The van der Waals surface area contributed by atoms with Gasteiger partial charge in [-0.05, 0) is 78.8 Å². The van der Waals surface area contributed by atoms with Crippen LogP contribution in [0.1, 0.15) is 65.7 Å². The average molecular weight is 335 g/mol. The lowest BCUT2D eigenvalue weighted by atomic mass is 9.93. The van der Waals surface area contributed by atoms with Crippen molar-refractivity contribution in [2.45, 2.75) is 89.9 Å². The van der Waals surface area contributed by atoms with Crippen molar-refractivity contribution in [1.29, 1.82) is 0 Å². The van der Waals surface area contributed by atoms with Gasteiger partial charge in [0.2, 0.25) is 11.8 Å². The van der Waals surface area contributed by atoms with Crippen LogP contribution in [0.15, 0.2) is 0 Å². The third-order valence-electron chi connectivity index (χ3n) is 6.18. The highest BCUT2D eigenvalue weighted by atomic mass is 16.2. The molecule has 1 saturated carbocycles. The van der Waals surface area contributed by atoms with E-state index in [0.717, 1.165) is 51.6 Å². The van der Waals surface area contributed by atoms with Gasteiger partial charge in [0, 0.05) is 24.0 Å². The lowest BCUT2D eigenvalue weighted by molar-refractivity contribution is -0.143. The van der Waals surface area contributed by atoms with E-state index in [1.165, 1.54) is 6.42 Å². The van der Waals surface area contributed by atoms with E-state index in [4.69, 9.17) is 0 Å². The molecule has 0 radical (unpaired) electrons. The Balaban J connectivity index is 1.51. The van der Waals surface area contributed by atoms with Gasteiger partial charge in [-0.2, -0.15) is 0 Å². The summed E-state index contributed by atoms with van der Waals surface area (Å²) in [6, 6.07) is 1.08. The molecule has 136 valence electrons. The molecule has 2 amide bonds. The quantitative estimate of drug-likeness (QED) is 0.856. The summed E-state index contributed by atoms with van der Waals surface area (Å²) in [5.74, 6) is 0.641. The lowest BCUT2D eigenvalue weighted by Gasteiger charge is -2.43. The first-order chi connectivity index (χ1) is 11.5. The number of likely N-dealkylation sites (tertiary alicyclic amines) is 2. The molecule has 2 saturated heterocycles. The second-order valence-corrected chi connectivity index (χ2v) is 8.14.